The first-order valence-corrected chi connectivity index (χ1v) is 7.14. The number of amides is 2. The molecule has 108 valence electrons. The summed E-state index contributed by atoms with van der Waals surface area (Å²) in [4.78, 5) is 23.4. The molecule has 0 aliphatic carbocycles. The molecule has 2 rings (SSSR count). The van der Waals surface area contributed by atoms with Crippen molar-refractivity contribution in [3.8, 4) is 5.75 Å². The van der Waals surface area contributed by atoms with E-state index in [1.807, 2.05) is 12.1 Å². The number of halogens is 1. The van der Waals surface area contributed by atoms with Gasteiger partial charge < -0.3 is 15.8 Å². The third-order valence-corrected chi connectivity index (χ3v) is 3.56. The van der Waals surface area contributed by atoms with Gasteiger partial charge in [-0.05, 0) is 65.1 Å². The smallest absolute Gasteiger partial charge is 0.255 e. The Morgan fingerprint density at radius 3 is 2.29 bits per heavy atom. The zero-order valence-corrected chi connectivity index (χ0v) is 13.4. The highest BCUT2D eigenvalue weighted by Gasteiger charge is 2.12. The lowest BCUT2D eigenvalue weighted by molar-refractivity contribution is 0.0996. The molecule has 2 amide bonds. The monoisotopic (exact) mass is 396 g/mol. The number of carbonyl (C=O) groups excluding carboxylic acids is 2. The van der Waals surface area contributed by atoms with Gasteiger partial charge in [-0.15, -0.1) is 0 Å². The minimum absolute atomic E-state index is 0.286. The van der Waals surface area contributed by atoms with Crippen molar-refractivity contribution in [3.05, 3.63) is 57.2 Å². The second kappa shape index (κ2) is 6.57. The van der Waals surface area contributed by atoms with E-state index in [1.54, 1.807) is 24.3 Å². The predicted molar refractivity (Wildman–Crippen MR) is 88.6 cm³/mol. The molecule has 0 aliphatic heterocycles. The molecule has 2 aromatic carbocycles. The average Bonchev–Trinajstić information content (AvgIpc) is 2.47. The number of ether oxygens (including phenoxy) is 1. The Bertz CT molecular complexity index is 684. The van der Waals surface area contributed by atoms with E-state index >= 15 is 0 Å². The molecule has 0 aliphatic rings. The zero-order valence-electron chi connectivity index (χ0n) is 11.2. The predicted octanol–water partition coefficient (Wildman–Crippen LogP) is 2.65. The standard InChI is InChI=1S/C15H13IN2O3/c1-21-13-7-4-10(14(17)19)8-12(13)18-15(20)9-2-5-11(16)6-3-9/h2-8H,1H3,(H2,17,19)(H,18,20). The molecule has 0 fully saturated rings. The first-order valence-electron chi connectivity index (χ1n) is 6.06. The van der Waals surface area contributed by atoms with Crippen molar-refractivity contribution < 1.29 is 14.3 Å². The fourth-order valence-electron chi connectivity index (χ4n) is 1.75. The van der Waals surface area contributed by atoms with E-state index in [9.17, 15) is 9.59 Å². The van der Waals surface area contributed by atoms with E-state index in [1.165, 1.54) is 13.2 Å². The van der Waals surface area contributed by atoms with Crippen molar-refractivity contribution in [2.45, 2.75) is 0 Å². The molecule has 0 atom stereocenters. The summed E-state index contributed by atoms with van der Waals surface area (Å²) in [5.41, 5.74) is 6.46. The summed E-state index contributed by atoms with van der Waals surface area (Å²) in [5, 5.41) is 2.72. The molecular weight excluding hydrogens is 383 g/mol. The quantitative estimate of drug-likeness (QED) is 0.780. The van der Waals surface area contributed by atoms with Crippen molar-refractivity contribution >= 4 is 40.1 Å². The van der Waals surface area contributed by atoms with Crippen LogP contribution >= 0.6 is 22.6 Å². The molecule has 5 nitrogen and oxygen atoms in total. The van der Waals surface area contributed by atoms with Gasteiger partial charge in [0.05, 0.1) is 12.8 Å². The Morgan fingerprint density at radius 1 is 1.10 bits per heavy atom. The number of carbonyl (C=O) groups is 2. The van der Waals surface area contributed by atoms with E-state index < -0.39 is 5.91 Å². The van der Waals surface area contributed by atoms with Gasteiger partial charge in [0.1, 0.15) is 5.75 Å². The highest BCUT2D eigenvalue weighted by atomic mass is 127. The molecule has 0 aromatic heterocycles. The van der Waals surface area contributed by atoms with Gasteiger partial charge in [-0.2, -0.15) is 0 Å². The van der Waals surface area contributed by atoms with Crippen LogP contribution in [-0.4, -0.2) is 18.9 Å². The molecule has 21 heavy (non-hydrogen) atoms. The van der Waals surface area contributed by atoms with Crippen LogP contribution < -0.4 is 15.8 Å². The number of anilines is 1. The summed E-state index contributed by atoms with van der Waals surface area (Å²) in [7, 11) is 1.49. The second-order valence-corrected chi connectivity index (χ2v) is 5.49. The van der Waals surface area contributed by atoms with Crippen LogP contribution in [0.3, 0.4) is 0 Å². The Balaban J connectivity index is 2.29. The maximum Gasteiger partial charge on any atom is 0.255 e. The molecular formula is C15H13IN2O3. The van der Waals surface area contributed by atoms with Crippen LogP contribution in [0.25, 0.3) is 0 Å². The molecule has 0 unspecified atom stereocenters. The maximum atomic E-state index is 12.2. The Morgan fingerprint density at radius 2 is 1.71 bits per heavy atom. The summed E-state index contributed by atoms with van der Waals surface area (Å²) < 4.78 is 6.21. The number of nitrogens with one attached hydrogen (secondary N) is 1. The Hall–Kier alpha value is -2.09. The van der Waals surface area contributed by atoms with Crippen LogP contribution in [-0.2, 0) is 0 Å². The number of hydrogen-bond acceptors (Lipinski definition) is 3. The second-order valence-electron chi connectivity index (χ2n) is 4.24. The van der Waals surface area contributed by atoms with Gasteiger partial charge in [0.2, 0.25) is 5.91 Å². The molecule has 0 saturated heterocycles. The number of primary amides is 1. The maximum absolute atomic E-state index is 12.2. The Kier molecular flexibility index (Phi) is 4.79. The lowest BCUT2D eigenvalue weighted by atomic mass is 10.1. The summed E-state index contributed by atoms with van der Waals surface area (Å²) in [6, 6.07) is 11.7. The topological polar surface area (TPSA) is 81.4 Å². The number of hydrogen-bond donors (Lipinski definition) is 2. The van der Waals surface area contributed by atoms with Crippen LogP contribution in [0.5, 0.6) is 5.75 Å². The first kappa shape index (κ1) is 15.3. The van der Waals surface area contributed by atoms with Gasteiger partial charge in [0, 0.05) is 14.7 Å². The van der Waals surface area contributed by atoms with E-state index in [0.29, 0.717) is 22.6 Å². The van der Waals surface area contributed by atoms with Crippen molar-refractivity contribution in [1.82, 2.24) is 0 Å². The van der Waals surface area contributed by atoms with Gasteiger partial charge in [-0.1, -0.05) is 0 Å². The number of benzene rings is 2. The molecule has 0 heterocycles. The van der Waals surface area contributed by atoms with Gasteiger partial charge in [0.15, 0.2) is 0 Å². The molecule has 3 N–H and O–H groups in total. The summed E-state index contributed by atoms with van der Waals surface area (Å²) in [6.45, 7) is 0. The Labute approximate surface area is 135 Å². The summed E-state index contributed by atoms with van der Waals surface area (Å²) >= 11 is 2.16. The summed E-state index contributed by atoms with van der Waals surface area (Å²) in [5.74, 6) is -0.396. The van der Waals surface area contributed by atoms with Gasteiger partial charge in [-0.3, -0.25) is 9.59 Å². The molecule has 0 radical (unpaired) electrons. The number of rotatable bonds is 4. The highest BCUT2D eigenvalue weighted by Crippen LogP contribution is 2.26. The minimum Gasteiger partial charge on any atom is -0.495 e. The van der Waals surface area contributed by atoms with E-state index in [2.05, 4.69) is 27.9 Å². The van der Waals surface area contributed by atoms with Crippen molar-refractivity contribution in [3.63, 3.8) is 0 Å². The molecule has 0 spiro atoms. The van der Waals surface area contributed by atoms with Gasteiger partial charge >= 0.3 is 0 Å². The third kappa shape index (κ3) is 3.72. The van der Waals surface area contributed by atoms with E-state index in [0.717, 1.165) is 3.57 Å². The van der Waals surface area contributed by atoms with Crippen LogP contribution in [0.2, 0.25) is 0 Å². The van der Waals surface area contributed by atoms with Crippen molar-refractivity contribution in [2.24, 2.45) is 5.73 Å². The van der Waals surface area contributed by atoms with Crippen molar-refractivity contribution in [1.29, 1.82) is 0 Å². The fourth-order valence-corrected chi connectivity index (χ4v) is 2.11. The van der Waals surface area contributed by atoms with Crippen LogP contribution in [0.1, 0.15) is 20.7 Å². The van der Waals surface area contributed by atoms with E-state index in [-0.39, 0.29) is 5.91 Å². The van der Waals surface area contributed by atoms with Gasteiger partial charge in [0.25, 0.3) is 5.91 Å². The number of methoxy groups -OCH3 is 1. The third-order valence-electron chi connectivity index (χ3n) is 2.84. The zero-order chi connectivity index (χ0) is 15.4. The number of nitrogens with two attached hydrogens (primary N) is 1. The van der Waals surface area contributed by atoms with Gasteiger partial charge in [-0.25, -0.2) is 0 Å². The molecule has 0 bridgehead atoms. The SMILES string of the molecule is COc1ccc(C(N)=O)cc1NC(=O)c1ccc(I)cc1. The normalized spacial score (nSPS) is 10.0. The average molecular weight is 396 g/mol. The fraction of sp³-hybridized carbons (Fsp3) is 0.0667. The molecule has 6 heteroatoms. The van der Waals surface area contributed by atoms with Crippen LogP contribution in [0.4, 0.5) is 5.69 Å². The van der Waals surface area contributed by atoms with Crippen LogP contribution in [0.15, 0.2) is 42.5 Å². The first-order chi connectivity index (χ1) is 10.0. The lowest BCUT2D eigenvalue weighted by Gasteiger charge is -2.11. The minimum atomic E-state index is -0.567. The van der Waals surface area contributed by atoms with Crippen LogP contribution in [0, 0.1) is 3.57 Å². The largest absolute Gasteiger partial charge is 0.495 e. The highest BCUT2D eigenvalue weighted by molar-refractivity contribution is 14.1. The van der Waals surface area contributed by atoms with Crippen molar-refractivity contribution in [2.75, 3.05) is 12.4 Å². The lowest BCUT2D eigenvalue weighted by Crippen LogP contribution is -2.15. The van der Waals surface area contributed by atoms with E-state index in [4.69, 9.17) is 10.5 Å². The molecule has 0 saturated carbocycles. The summed E-state index contributed by atoms with van der Waals surface area (Å²) in [6.07, 6.45) is 0. The molecule has 2 aromatic rings.